The van der Waals surface area contributed by atoms with Crippen molar-refractivity contribution in [3.05, 3.63) is 84.6 Å². The van der Waals surface area contributed by atoms with Gasteiger partial charge in [-0.2, -0.15) is 0 Å². The van der Waals surface area contributed by atoms with Gasteiger partial charge in [-0.1, -0.05) is 40.9 Å². The van der Waals surface area contributed by atoms with Gasteiger partial charge in [0, 0.05) is 10.0 Å². The van der Waals surface area contributed by atoms with Crippen molar-refractivity contribution in [2.75, 3.05) is 7.11 Å². The SMILES string of the molecule is COC(=O)c1cccc(C=c2c(=C(C)C)[nH]n(-c3cc(Cl)cc(Cl)c3)c2=O)c1. The summed E-state index contributed by atoms with van der Waals surface area (Å²) in [6.45, 7) is 3.81. The van der Waals surface area contributed by atoms with E-state index in [9.17, 15) is 9.59 Å². The van der Waals surface area contributed by atoms with E-state index < -0.39 is 5.97 Å². The molecule has 3 rings (SSSR count). The predicted molar refractivity (Wildman–Crippen MR) is 112 cm³/mol. The quantitative estimate of drug-likeness (QED) is 0.666. The second-order valence-corrected chi connectivity index (χ2v) is 7.30. The molecule has 0 aliphatic rings. The van der Waals surface area contributed by atoms with Crippen LogP contribution in [0.15, 0.2) is 47.3 Å². The fourth-order valence-electron chi connectivity index (χ4n) is 2.86. The number of esters is 1. The van der Waals surface area contributed by atoms with E-state index in [-0.39, 0.29) is 5.56 Å². The molecule has 0 aliphatic carbocycles. The number of benzene rings is 2. The van der Waals surface area contributed by atoms with E-state index in [1.165, 1.54) is 11.8 Å². The number of nitrogens with one attached hydrogen (secondary N) is 1. The van der Waals surface area contributed by atoms with Crippen LogP contribution in [0.3, 0.4) is 0 Å². The van der Waals surface area contributed by atoms with E-state index in [1.807, 2.05) is 19.9 Å². The molecule has 1 N–H and O–H groups in total. The molecular formula is C21H18Cl2N2O3. The van der Waals surface area contributed by atoms with E-state index in [2.05, 4.69) is 5.10 Å². The molecule has 7 heteroatoms. The molecule has 3 aromatic rings. The number of hydrogen-bond donors (Lipinski definition) is 1. The Morgan fingerprint density at radius 3 is 2.39 bits per heavy atom. The lowest BCUT2D eigenvalue weighted by Crippen LogP contribution is -2.35. The Morgan fingerprint density at radius 2 is 1.79 bits per heavy atom. The van der Waals surface area contributed by atoms with Gasteiger partial charge in [0.2, 0.25) is 0 Å². The maximum atomic E-state index is 13.1. The fourth-order valence-corrected chi connectivity index (χ4v) is 3.37. The third-order valence-electron chi connectivity index (χ3n) is 4.15. The molecule has 2 aromatic carbocycles. The highest BCUT2D eigenvalue weighted by Gasteiger charge is 2.09. The van der Waals surface area contributed by atoms with Gasteiger partial charge in [-0.05, 0) is 55.8 Å². The maximum absolute atomic E-state index is 13.1. The molecule has 1 heterocycles. The summed E-state index contributed by atoms with van der Waals surface area (Å²) in [7, 11) is 1.33. The van der Waals surface area contributed by atoms with E-state index in [0.717, 1.165) is 5.57 Å². The zero-order chi connectivity index (χ0) is 20.4. The molecule has 1 aromatic heterocycles. The largest absolute Gasteiger partial charge is 0.465 e. The zero-order valence-electron chi connectivity index (χ0n) is 15.5. The Labute approximate surface area is 171 Å². The third kappa shape index (κ3) is 4.06. The first kappa shape index (κ1) is 20.0. The Balaban J connectivity index is 2.27. The van der Waals surface area contributed by atoms with Gasteiger partial charge in [0.15, 0.2) is 0 Å². The van der Waals surface area contributed by atoms with Crippen LogP contribution >= 0.6 is 23.2 Å². The summed E-state index contributed by atoms with van der Waals surface area (Å²) in [5.41, 5.74) is 2.33. The van der Waals surface area contributed by atoms with Gasteiger partial charge in [0.25, 0.3) is 5.56 Å². The van der Waals surface area contributed by atoms with Gasteiger partial charge >= 0.3 is 5.97 Å². The Morgan fingerprint density at radius 1 is 1.11 bits per heavy atom. The number of nitrogens with zero attached hydrogens (tertiary/aromatic N) is 1. The van der Waals surface area contributed by atoms with Crippen molar-refractivity contribution in [1.82, 2.24) is 9.78 Å². The summed E-state index contributed by atoms with van der Waals surface area (Å²) in [5, 5.41) is 5.13. The number of ether oxygens (including phenoxy) is 1. The summed E-state index contributed by atoms with van der Waals surface area (Å²) < 4.78 is 6.16. The van der Waals surface area contributed by atoms with Crippen LogP contribution in [0.5, 0.6) is 0 Å². The van der Waals surface area contributed by atoms with Crippen LogP contribution in [-0.4, -0.2) is 22.9 Å². The zero-order valence-corrected chi connectivity index (χ0v) is 17.1. The molecule has 0 bridgehead atoms. The number of rotatable bonds is 3. The molecule has 144 valence electrons. The van der Waals surface area contributed by atoms with E-state index in [1.54, 1.807) is 42.5 Å². The first-order valence-electron chi connectivity index (χ1n) is 8.45. The molecule has 0 spiro atoms. The van der Waals surface area contributed by atoms with Crippen LogP contribution in [0, 0.1) is 0 Å². The average molecular weight is 417 g/mol. The van der Waals surface area contributed by atoms with Crippen molar-refractivity contribution in [2.24, 2.45) is 0 Å². The minimum Gasteiger partial charge on any atom is -0.465 e. The minimum atomic E-state index is -0.436. The van der Waals surface area contributed by atoms with Crippen molar-refractivity contribution in [3.8, 4) is 5.69 Å². The van der Waals surface area contributed by atoms with Crippen molar-refractivity contribution in [2.45, 2.75) is 13.8 Å². The Hall–Kier alpha value is -2.76. The lowest BCUT2D eigenvalue weighted by atomic mass is 10.1. The minimum absolute atomic E-state index is 0.252. The summed E-state index contributed by atoms with van der Waals surface area (Å²) in [4.78, 5) is 24.9. The number of carbonyl (C=O) groups is 1. The number of methoxy groups -OCH3 is 1. The summed E-state index contributed by atoms with van der Waals surface area (Å²) in [6, 6.07) is 11.8. The normalized spacial score (nSPS) is 11.5. The topological polar surface area (TPSA) is 64.1 Å². The van der Waals surface area contributed by atoms with Crippen molar-refractivity contribution < 1.29 is 9.53 Å². The fraction of sp³-hybridized carbons (Fsp3) is 0.143. The highest BCUT2D eigenvalue weighted by molar-refractivity contribution is 6.34. The van der Waals surface area contributed by atoms with E-state index in [0.29, 0.717) is 37.4 Å². The smallest absolute Gasteiger partial charge is 0.337 e. The van der Waals surface area contributed by atoms with Crippen LogP contribution in [0.4, 0.5) is 0 Å². The van der Waals surface area contributed by atoms with Crippen LogP contribution in [0.2, 0.25) is 10.0 Å². The predicted octanol–water partition coefficient (Wildman–Crippen LogP) is 3.28. The van der Waals surface area contributed by atoms with Crippen molar-refractivity contribution in [1.29, 1.82) is 0 Å². The second kappa shape index (κ2) is 8.09. The number of aromatic amines is 1. The molecule has 0 radical (unpaired) electrons. The highest BCUT2D eigenvalue weighted by atomic mass is 35.5. The standard InChI is InChI=1S/C21H18Cl2N2O3/c1-12(2)19-18(8-13-5-4-6-14(7-13)21(27)28-3)20(26)25(24-19)17-10-15(22)9-16(23)11-17/h4-11,24H,1-3H3. The van der Waals surface area contributed by atoms with E-state index >= 15 is 0 Å². The number of carbonyl (C=O) groups excluding carboxylic acids is 1. The van der Waals surface area contributed by atoms with Gasteiger partial charge in [-0.15, -0.1) is 0 Å². The molecular weight excluding hydrogens is 399 g/mol. The first-order valence-corrected chi connectivity index (χ1v) is 9.21. The molecule has 0 saturated heterocycles. The molecule has 28 heavy (non-hydrogen) atoms. The summed E-state index contributed by atoms with van der Waals surface area (Å²) >= 11 is 12.2. The van der Waals surface area contributed by atoms with Crippen molar-refractivity contribution in [3.63, 3.8) is 0 Å². The van der Waals surface area contributed by atoms with Crippen LogP contribution in [0.25, 0.3) is 17.3 Å². The van der Waals surface area contributed by atoms with Crippen molar-refractivity contribution >= 4 is 40.8 Å². The van der Waals surface area contributed by atoms with Crippen LogP contribution in [0.1, 0.15) is 29.8 Å². The van der Waals surface area contributed by atoms with Gasteiger partial charge in [0.1, 0.15) is 0 Å². The molecule has 0 atom stereocenters. The lowest BCUT2D eigenvalue weighted by molar-refractivity contribution is 0.0600. The molecule has 0 aliphatic heterocycles. The third-order valence-corrected chi connectivity index (χ3v) is 4.59. The Kier molecular flexibility index (Phi) is 5.77. The molecule has 5 nitrogen and oxygen atoms in total. The monoisotopic (exact) mass is 416 g/mol. The first-order chi connectivity index (χ1) is 13.3. The Bertz CT molecular complexity index is 1220. The number of H-pyrrole nitrogens is 1. The number of halogens is 2. The molecule has 0 unspecified atom stereocenters. The van der Waals surface area contributed by atoms with Gasteiger partial charge in [0.05, 0.1) is 28.9 Å². The van der Waals surface area contributed by atoms with Crippen LogP contribution < -0.4 is 16.1 Å². The molecule has 0 fully saturated rings. The number of aromatic nitrogens is 2. The van der Waals surface area contributed by atoms with Gasteiger partial charge < -0.3 is 4.74 Å². The van der Waals surface area contributed by atoms with Crippen LogP contribution in [-0.2, 0) is 4.74 Å². The molecule has 0 amide bonds. The van der Waals surface area contributed by atoms with E-state index in [4.69, 9.17) is 27.9 Å². The lowest BCUT2D eigenvalue weighted by Gasteiger charge is -2.03. The highest BCUT2D eigenvalue weighted by Crippen LogP contribution is 2.20. The average Bonchev–Trinajstić information content (AvgIpc) is 2.97. The second-order valence-electron chi connectivity index (χ2n) is 6.43. The molecule has 0 saturated carbocycles. The summed E-state index contributed by atoms with van der Waals surface area (Å²) in [6.07, 6.45) is 1.73. The van der Waals surface area contributed by atoms with Gasteiger partial charge in [-0.25, -0.2) is 9.48 Å². The summed E-state index contributed by atoms with van der Waals surface area (Å²) in [5.74, 6) is -0.436. The number of hydrogen-bond acceptors (Lipinski definition) is 3. The maximum Gasteiger partial charge on any atom is 0.337 e. The van der Waals surface area contributed by atoms with Gasteiger partial charge in [-0.3, -0.25) is 9.89 Å².